The van der Waals surface area contributed by atoms with E-state index in [4.69, 9.17) is 5.73 Å². The molecule has 2 N–H and O–H groups in total. The minimum absolute atomic E-state index is 0.147. The lowest BCUT2D eigenvalue weighted by Crippen LogP contribution is -2.29. The quantitative estimate of drug-likeness (QED) is 0.814. The van der Waals surface area contributed by atoms with E-state index >= 15 is 0 Å². The highest BCUT2D eigenvalue weighted by Gasteiger charge is 2.36. The number of likely N-dealkylation sites (tertiary alicyclic amines) is 1. The SMILES string of the molecule is CC1=CC[C@H]2CN(C(=O)c3cc(C)c4nc(N)sc4c3)C[C@H]2C1. The maximum atomic E-state index is 12.9. The van der Waals surface area contributed by atoms with Crippen molar-refractivity contribution < 1.29 is 4.79 Å². The number of rotatable bonds is 1. The molecule has 2 atom stereocenters. The summed E-state index contributed by atoms with van der Waals surface area (Å²) in [4.78, 5) is 19.3. The molecule has 5 heteroatoms. The molecule has 2 aromatic rings. The molecular weight excluding hydrogens is 306 g/mol. The number of nitrogens with zero attached hydrogens (tertiary/aromatic N) is 2. The molecule has 0 radical (unpaired) electrons. The van der Waals surface area contributed by atoms with Crippen molar-refractivity contribution in [2.45, 2.75) is 26.7 Å². The standard InChI is InChI=1S/C18H21N3OS/c1-10-3-4-12-8-21(9-14(12)5-10)17(22)13-6-11(2)16-15(7-13)23-18(19)20-16/h3,6-7,12,14H,4-5,8-9H2,1-2H3,(H2,19,20)/t12-,14+/m0/s1. The summed E-state index contributed by atoms with van der Waals surface area (Å²) in [5, 5.41) is 0.557. The van der Waals surface area contributed by atoms with Gasteiger partial charge in [0, 0.05) is 18.7 Å². The van der Waals surface area contributed by atoms with E-state index in [0.717, 1.165) is 47.3 Å². The third kappa shape index (κ3) is 2.53. The normalized spacial score (nSPS) is 23.9. The zero-order valence-electron chi connectivity index (χ0n) is 13.5. The molecule has 1 aliphatic carbocycles. The van der Waals surface area contributed by atoms with Crippen LogP contribution in [0.25, 0.3) is 10.2 Å². The molecule has 1 aromatic carbocycles. The van der Waals surface area contributed by atoms with Crippen molar-refractivity contribution in [2.75, 3.05) is 18.8 Å². The predicted molar refractivity (Wildman–Crippen MR) is 94.6 cm³/mol. The number of nitrogen functional groups attached to an aromatic ring is 1. The molecule has 1 amide bonds. The first-order valence-electron chi connectivity index (χ1n) is 8.13. The fraction of sp³-hybridized carbons (Fsp3) is 0.444. The third-order valence-electron chi connectivity index (χ3n) is 5.17. The Morgan fingerprint density at radius 3 is 2.91 bits per heavy atom. The number of aromatic nitrogens is 1. The maximum absolute atomic E-state index is 12.9. The van der Waals surface area contributed by atoms with Gasteiger partial charge in [-0.05, 0) is 56.2 Å². The van der Waals surface area contributed by atoms with Crippen molar-refractivity contribution in [1.29, 1.82) is 0 Å². The maximum Gasteiger partial charge on any atom is 0.253 e. The summed E-state index contributed by atoms with van der Waals surface area (Å²) in [6.45, 7) is 5.97. The highest BCUT2D eigenvalue weighted by Crippen LogP contribution is 2.36. The molecule has 0 saturated carbocycles. The highest BCUT2D eigenvalue weighted by molar-refractivity contribution is 7.22. The van der Waals surface area contributed by atoms with Crippen molar-refractivity contribution >= 4 is 32.6 Å². The molecule has 0 spiro atoms. The number of aryl methyl sites for hydroxylation is 1. The first kappa shape index (κ1) is 14.7. The van der Waals surface area contributed by atoms with E-state index in [1.54, 1.807) is 0 Å². The minimum atomic E-state index is 0.147. The third-order valence-corrected chi connectivity index (χ3v) is 6.00. The van der Waals surface area contributed by atoms with Gasteiger partial charge >= 0.3 is 0 Å². The molecular formula is C18H21N3OS. The van der Waals surface area contributed by atoms with Crippen molar-refractivity contribution in [3.05, 3.63) is 34.9 Å². The van der Waals surface area contributed by atoms with Crippen molar-refractivity contribution in [2.24, 2.45) is 11.8 Å². The van der Waals surface area contributed by atoms with Gasteiger partial charge in [0.1, 0.15) is 0 Å². The van der Waals surface area contributed by atoms with Gasteiger partial charge in [-0.25, -0.2) is 4.98 Å². The summed E-state index contributed by atoms with van der Waals surface area (Å²) in [7, 11) is 0. The van der Waals surface area contributed by atoms with E-state index in [1.165, 1.54) is 16.9 Å². The van der Waals surface area contributed by atoms with Crippen LogP contribution in [-0.4, -0.2) is 28.9 Å². The number of hydrogen-bond acceptors (Lipinski definition) is 4. The minimum Gasteiger partial charge on any atom is -0.375 e. The molecule has 1 saturated heterocycles. The lowest BCUT2D eigenvalue weighted by Gasteiger charge is -2.21. The molecule has 2 aliphatic rings. The molecule has 4 nitrogen and oxygen atoms in total. The molecule has 2 heterocycles. The summed E-state index contributed by atoms with van der Waals surface area (Å²) in [6, 6.07) is 3.90. The topological polar surface area (TPSA) is 59.2 Å². The predicted octanol–water partition coefficient (Wildman–Crippen LogP) is 3.62. The number of nitrogens with two attached hydrogens (primary N) is 1. The first-order valence-corrected chi connectivity index (χ1v) is 8.94. The Bertz CT molecular complexity index is 823. The molecule has 1 aliphatic heterocycles. The van der Waals surface area contributed by atoms with Gasteiger partial charge in [-0.3, -0.25) is 4.79 Å². The van der Waals surface area contributed by atoms with Crippen molar-refractivity contribution in [1.82, 2.24) is 9.88 Å². The van der Waals surface area contributed by atoms with Crippen molar-refractivity contribution in [3.8, 4) is 0 Å². The van der Waals surface area contributed by atoms with Gasteiger partial charge < -0.3 is 10.6 Å². The smallest absolute Gasteiger partial charge is 0.253 e. The molecule has 0 bridgehead atoms. The monoisotopic (exact) mass is 327 g/mol. The van der Waals surface area contributed by atoms with Crippen LogP contribution in [0.2, 0.25) is 0 Å². The van der Waals surface area contributed by atoms with E-state index in [2.05, 4.69) is 18.0 Å². The number of thiazole rings is 1. The highest BCUT2D eigenvalue weighted by atomic mass is 32.1. The average molecular weight is 327 g/mol. The van der Waals surface area contributed by atoms with Crippen LogP contribution in [0, 0.1) is 18.8 Å². The fourth-order valence-corrected chi connectivity index (χ4v) is 4.82. The number of benzene rings is 1. The molecule has 120 valence electrons. The molecule has 0 unspecified atom stereocenters. The summed E-state index contributed by atoms with van der Waals surface area (Å²) in [6.07, 6.45) is 4.59. The summed E-state index contributed by atoms with van der Waals surface area (Å²) in [5.74, 6) is 1.41. The van der Waals surface area contributed by atoms with Crippen LogP contribution in [0.1, 0.15) is 35.7 Å². The van der Waals surface area contributed by atoms with Crippen LogP contribution < -0.4 is 5.73 Å². The zero-order chi connectivity index (χ0) is 16.1. The summed E-state index contributed by atoms with van der Waals surface area (Å²) >= 11 is 1.45. The van der Waals surface area contributed by atoms with E-state index in [1.807, 2.05) is 24.0 Å². The van der Waals surface area contributed by atoms with Gasteiger partial charge in [-0.1, -0.05) is 23.0 Å². The van der Waals surface area contributed by atoms with Crippen molar-refractivity contribution in [3.63, 3.8) is 0 Å². The number of anilines is 1. The summed E-state index contributed by atoms with van der Waals surface area (Å²) in [5.41, 5.74) is 9.98. The fourth-order valence-electron chi connectivity index (χ4n) is 3.97. The Morgan fingerprint density at radius 1 is 1.30 bits per heavy atom. The number of carbonyl (C=O) groups is 1. The zero-order valence-corrected chi connectivity index (χ0v) is 14.3. The van der Waals surface area contributed by atoms with E-state index in [0.29, 0.717) is 17.0 Å². The Morgan fingerprint density at radius 2 is 2.09 bits per heavy atom. The molecule has 1 aromatic heterocycles. The van der Waals surface area contributed by atoms with E-state index < -0.39 is 0 Å². The number of carbonyl (C=O) groups excluding carboxylic acids is 1. The Balaban J connectivity index is 1.60. The second-order valence-electron chi connectivity index (χ2n) is 6.91. The Hall–Kier alpha value is -1.88. The van der Waals surface area contributed by atoms with Gasteiger partial charge in [-0.15, -0.1) is 0 Å². The number of fused-ring (bicyclic) bond motifs is 2. The van der Waals surface area contributed by atoms with Crippen LogP contribution in [0.4, 0.5) is 5.13 Å². The van der Waals surface area contributed by atoms with Crippen LogP contribution in [0.3, 0.4) is 0 Å². The first-order chi connectivity index (χ1) is 11.0. The second kappa shape index (κ2) is 5.34. The Labute approximate surface area is 140 Å². The van der Waals surface area contributed by atoms with Gasteiger partial charge in [0.15, 0.2) is 5.13 Å². The lowest BCUT2D eigenvalue weighted by atomic mass is 9.83. The Kier molecular flexibility index (Phi) is 3.41. The largest absolute Gasteiger partial charge is 0.375 e. The van der Waals surface area contributed by atoms with Crippen LogP contribution >= 0.6 is 11.3 Å². The van der Waals surface area contributed by atoms with Crippen LogP contribution in [0.5, 0.6) is 0 Å². The summed E-state index contributed by atoms with van der Waals surface area (Å²) < 4.78 is 1.000. The van der Waals surface area contributed by atoms with Gasteiger partial charge in [0.25, 0.3) is 5.91 Å². The van der Waals surface area contributed by atoms with Gasteiger partial charge in [0.05, 0.1) is 10.2 Å². The lowest BCUT2D eigenvalue weighted by molar-refractivity contribution is 0.0784. The number of amides is 1. The van der Waals surface area contributed by atoms with Crippen LogP contribution in [0.15, 0.2) is 23.8 Å². The number of hydrogen-bond donors (Lipinski definition) is 1. The molecule has 23 heavy (non-hydrogen) atoms. The second-order valence-corrected chi connectivity index (χ2v) is 7.97. The van der Waals surface area contributed by atoms with E-state index in [9.17, 15) is 4.79 Å². The van der Waals surface area contributed by atoms with Gasteiger partial charge in [0.2, 0.25) is 0 Å². The molecule has 1 fully saturated rings. The van der Waals surface area contributed by atoms with E-state index in [-0.39, 0.29) is 5.91 Å². The average Bonchev–Trinajstić information content (AvgIpc) is 3.08. The number of allylic oxidation sites excluding steroid dienone is 2. The van der Waals surface area contributed by atoms with Crippen LogP contribution in [-0.2, 0) is 0 Å². The molecule has 4 rings (SSSR count). The van der Waals surface area contributed by atoms with Gasteiger partial charge in [-0.2, -0.15) is 0 Å².